The predicted octanol–water partition coefficient (Wildman–Crippen LogP) is 2.69. The van der Waals surface area contributed by atoms with Crippen LogP contribution in [0.2, 0.25) is 0 Å². The highest BCUT2D eigenvalue weighted by Gasteiger charge is 2.23. The molecule has 0 aliphatic carbocycles. The molecular formula is C19H25N3O5. The average molecular weight is 375 g/mol. The Morgan fingerprint density at radius 3 is 2.70 bits per heavy atom. The van der Waals surface area contributed by atoms with Crippen LogP contribution in [-0.4, -0.2) is 51.7 Å². The van der Waals surface area contributed by atoms with Crippen LogP contribution in [0.1, 0.15) is 44.7 Å². The number of amides is 2. The molecule has 1 aromatic heterocycles. The number of carbonyl (C=O) groups is 3. The molecule has 2 N–H and O–H groups in total. The quantitative estimate of drug-likeness (QED) is 0.769. The van der Waals surface area contributed by atoms with Crippen LogP contribution in [0.15, 0.2) is 18.3 Å². The third-order valence-electron chi connectivity index (χ3n) is 3.80. The van der Waals surface area contributed by atoms with Crippen LogP contribution in [0.25, 0.3) is 6.08 Å². The zero-order valence-corrected chi connectivity index (χ0v) is 15.8. The minimum atomic E-state index is -1.05. The Morgan fingerprint density at radius 1 is 1.30 bits per heavy atom. The first-order chi connectivity index (χ1) is 12.6. The molecule has 2 rings (SSSR count). The number of fused-ring (bicyclic) bond motifs is 1. The molecule has 0 unspecified atom stereocenters. The molecule has 1 aliphatic heterocycles. The van der Waals surface area contributed by atoms with Crippen molar-refractivity contribution < 1.29 is 24.2 Å². The maximum absolute atomic E-state index is 12.3. The molecule has 0 atom stereocenters. The van der Waals surface area contributed by atoms with Gasteiger partial charge in [-0.3, -0.25) is 4.79 Å². The highest BCUT2D eigenvalue weighted by atomic mass is 16.6. The molecule has 0 saturated heterocycles. The largest absolute Gasteiger partial charge is 0.478 e. The van der Waals surface area contributed by atoms with Gasteiger partial charge in [0.2, 0.25) is 5.91 Å². The van der Waals surface area contributed by atoms with E-state index >= 15 is 0 Å². The van der Waals surface area contributed by atoms with Gasteiger partial charge in [-0.1, -0.05) is 0 Å². The number of anilines is 1. The topological polar surface area (TPSA) is 109 Å². The number of aryl methyl sites for hydroxylation is 1. The molecule has 0 fully saturated rings. The van der Waals surface area contributed by atoms with Gasteiger partial charge < -0.3 is 20.1 Å². The van der Waals surface area contributed by atoms with Gasteiger partial charge in [-0.05, 0) is 56.9 Å². The smallest absolute Gasteiger partial charge is 0.410 e. The van der Waals surface area contributed by atoms with Crippen LogP contribution in [-0.2, 0) is 20.7 Å². The molecule has 1 aliphatic rings. The van der Waals surface area contributed by atoms with E-state index in [9.17, 15) is 14.4 Å². The fourth-order valence-electron chi connectivity index (χ4n) is 2.60. The fourth-order valence-corrected chi connectivity index (χ4v) is 2.60. The van der Waals surface area contributed by atoms with E-state index in [1.165, 1.54) is 17.2 Å². The molecule has 146 valence electrons. The van der Waals surface area contributed by atoms with Gasteiger partial charge in [0.1, 0.15) is 11.4 Å². The number of hydrogen-bond acceptors (Lipinski definition) is 5. The van der Waals surface area contributed by atoms with Crippen molar-refractivity contribution in [1.82, 2.24) is 9.88 Å². The number of nitrogens with one attached hydrogen (secondary N) is 1. The second-order valence-corrected chi connectivity index (χ2v) is 7.32. The standard InChI is InChI=1S/C19H25N3O5/c1-19(2,3)27-18(26)22-9-4-5-14-11-13(6-7-16(24)25)12-20-17(14)21-15(23)8-10-22/h6-7,11-12H,4-5,8-10H2,1-3H3,(H,24,25)(H,20,21,23). The van der Waals surface area contributed by atoms with E-state index in [-0.39, 0.29) is 18.9 Å². The molecule has 0 radical (unpaired) electrons. The van der Waals surface area contributed by atoms with Crippen LogP contribution in [0, 0.1) is 0 Å². The van der Waals surface area contributed by atoms with Gasteiger partial charge in [0.15, 0.2) is 0 Å². The van der Waals surface area contributed by atoms with Gasteiger partial charge in [-0.2, -0.15) is 0 Å². The van der Waals surface area contributed by atoms with Crippen molar-refractivity contribution in [1.29, 1.82) is 0 Å². The van der Waals surface area contributed by atoms with E-state index < -0.39 is 17.7 Å². The van der Waals surface area contributed by atoms with Crippen molar-refractivity contribution in [3.05, 3.63) is 29.5 Å². The summed E-state index contributed by atoms with van der Waals surface area (Å²) in [7, 11) is 0. The Bertz CT molecular complexity index is 752. The average Bonchev–Trinajstić information content (AvgIpc) is 2.55. The first-order valence-electron chi connectivity index (χ1n) is 8.82. The summed E-state index contributed by atoms with van der Waals surface area (Å²) in [5.41, 5.74) is 0.824. The molecular weight excluding hydrogens is 350 g/mol. The molecule has 0 saturated carbocycles. The third kappa shape index (κ3) is 6.73. The monoisotopic (exact) mass is 375 g/mol. The van der Waals surface area contributed by atoms with E-state index in [1.54, 1.807) is 26.8 Å². The van der Waals surface area contributed by atoms with E-state index in [4.69, 9.17) is 9.84 Å². The molecule has 27 heavy (non-hydrogen) atoms. The first-order valence-corrected chi connectivity index (χ1v) is 8.82. The minimum Gasteiger partial charge on any atom is -0.478 e. The minimum absolute atomic E-state index is 0.140. The summed E-state index contributed by atoms with van der Waals surface area (Å²) in [6.07, 6.45) is 4.94. The van der Waals surface area contributed by atoms with Crippen LogP contribution in [0.3, 0.4) is 0 Å². The van der Waals surface area contributed by atoms with Crippen LogP contribution < -0.4 is 5.32 Å². The lowest BCUT2D eigenvalue weighted by molar-refractivity contribution is -0.131. The number of carbonyl (C=O) groups excluding carboxylic acids is 2. The molecule has 0 spiro atoms. The summed E-state index contributed by atoms with van der Waals surface area (Å²) in [5.74, 6) is -0.817. The summed E-state index contributed by atoms with van der Waals surface area (Å²) in [4.78, 5) is 41.0. The zero-order valence-electron chi connectivity index (χ0n) is 15.8. The summed E-state index contributed by atoms with van der Waals surface area (Å²) in [5, 5.41) is 11.5. The molecule has 2 heterocycles. The van der Waals surface area contributed by atoms with Crippen molar-refractivity contribution in [2.75, 3.05) is 18.4 Å². The van der Waals surface area contributed by atoms with Gasteiger partial charge in [0, 0.05) is 31.8 Å². The molecule has 0 bridgehead atoms. The van der Waals surface area contributed by atoms with E-state index in [0.29, 0.717) is 30.8 Å². The van der Waals surface area contributed by atoms with E-state index in [1.807, 2.05) is 0 Å². The van der Waals surface area contributed by atoms with Gasteiger partial charge in [0.05, 0.1) is 0 Å². The van der Waals surface area contributed by atoms with Crippen molar-refractivity contribution in [2.45, 2.75) is 45.6 Å². The number of aromatic nitrogens is 1. The Kier molecular flexibility index (Phi) is 6.55. The normalized spacial score (nSPS) is 15.8. The second kappa shape index (κ2) is 8.66. The van der Waals surface area contributed by atoms with Gasteiger partial charge in [-0.25, -0.2) is 14.6 Å². The van der Waals surface area contributed by atoms with Crippen molar-refractivity contribution in [3.8, 4) is 0 Å². The number of ether oxygens (including phenoxy) is 1. The lowest BCUT2D eigenvalue weighted by Crippen LogP contribution is -2.39. The molecule has 1 aromatic rings. The van der Waals surface area contributed by atoms with E-state index in [0.717, 1.165) is 11.6 Å². The Labute approximate surface area is 158 Å². The summed E-state index contributed by atoms with van der Waals surface area (Å²) < 4.78 is 5.40. The van der Waals surface area contributed by atoms with Gasteiger partial charge in [0.25, 0.3) is 0 Å². The Morgan fingerprint density at radius 2 is 2.04 bits per heavy atom. The maximum Gasteiger partial charge on any atom is 0.410 e. The number of pyridine rings is 1. The predicted molar refractivity (Wildman–Crippen MR) is 100 cm³/mol. The lowest BCUT2D eigenvalue weighted by atomic mass is 10.1. The van der Waals surface area contributed by atoms with Crippen LogP contribution in [0.5, 0.6) is 0 Å². The summed E-state index contributed by atoms with van der Waals surface area (Å²) in [6.45, 7) is 6.12. The van der Waals surface area contributed by atoms with Crippen molar-refractivity contribution in [3.63, 3.8) is 0 Å². The molecule has 0 aromatic carbocycles. The number of carboxylic acids is 1. The number of carboxylic acid groups (broad SMARTS) is 1. The number of rotatable bonds is 2. The molecule has 8 nitrogen and oxygen atoms in total. The van der Waals surface area contributed by atoms with Crippen molar-refractivity contribution in [2.24, 2.45) is 0 Å². The number of aliphatic carboxylic acids is 1. The zero-order chi connectivity index (χ0) is 20.0. The van der Waals surface area contributed by atoms with Crippen LogP contribution >= 0.6 is 0 Å². The maximum atomic E-state index is 12.3. The lowest BCUT2D eigenvalue weighted by Gasteiger charge is -2.28. The van der Waals surface area contributed by atoms with Gasteiger partial charge in [-0.15, -0.1) is 0 Å². The summed E-state index contributed by atoms with van der Waals surface area (Å²) >= 11 is 0. The Hall–Kier alpha value is -2.90. The van der Waals surface area contributed by atoms with Crippen LogP contribution in [0.4, 0.5) is 10.6 Å². The highest BCUT2D eigenvalue weighted by Crippen LogP contribution is 2.20. The molecule has 2 amide bonds. The fraction of sp³-hybridized carbons (Fsp3) is 0.474. The highest BCUT2D eigenvalue weighted by molar-refractivity contribution is 5.91. The summed E-state index contributed by atoms with van der Waals surface area (Å²) in [6, 6.07) is 1.79. The second-order valence-electron chi connectivity index (χ2n) is 7.32. The Balaban J connectivity index is 2.16. The van der Waals surface area contributed by atoms with Crippen molar-refractivity contribution >= 4 is 29.9 Å². The third-order valence-corrected chi connectivity index (χ3v) is 3.80. The van der Waals surface area contributed by atoms with Gasteiger partial charge >= 0.3 is 12.1 Å². The first kappa shape index (κ1) is 20.4. The van der Waals surface area contributed by atoms with E-state index in [2.05, 4.69) is 10.3 Å². The SMILES string of the molecule is CC(C)(C)OC(=O)N1CCCc2cc(C=CC(=O)O)cnc2NC(=O)CC1. The number of nitrogens with zero attached hydrogens (tertiary/aromatic N) is 2. The number of hydrogen-bond donors (Lipinski definition) is 2. The molecule has 8 heteroatoms.